The molecule has 2 rings (SSSR count). The molecule has 0 unspecified atom stereocenters. The van der Waals surface area contributed by atoms with Crippen molar-refractivity contribution in [3.05, 3.63) is 46.8 Å². The van der Waals surface area contributed by atoms with E-state index in [1.165, 1.54) is 4.90 Å². The summed E-state index contributed by atoms with van der Waals surface area (Å²) in [7, 11) is 0. The minimum absolute atomic E-state index is 0.115. The van der Waals surface area contributed by atoms with Crippen molar-refractivity contribution in [3.8, 4) is 0 Å². The summed E-state index contributed by atoms with van der Waals surface area (Å²) >= 11 is 5.86. The van der Waals surface area contributed by atoms with Gasteiger partial charge in [0.25, 0.3) is 0 Å². The normalized spacial score (nSPS) is 10.5. The molecule has 0 atom stereocenters. The van der Waals surface area contributed by atoms with E-state index in [4.69, 9.17) is 21.2 Å². The van der Waals surface area contributed by atoms with Gasteiger partial charge in [0.2, 0.25) is 11.1 Å². The number of carboxylic acids is 1. The number of aryl methyl sites for hydroxylation is 1. The number of anilines is 1. The number of carbonyl (C=O) groups is 2. The number of halogens is 1. The maximum atomic E-state index is 12.4. The van der Waals surface area contributed by atoms with E-state index in [1.807, 2.05) is 0 Å². The van der Waals surface area contributed by atoms with Gasteiger partial charge in [0, 0.05) is 17.7 Å². The molecule has 0 fully saturated rings. The largest absolute Gasteiger partial charge is 0.480 e. The molecule has 7 heteroatoms. The fraction of sp³-hybridized carbons (Fsp3) is 0.267. The van der Waals surface area contributed by atoms with E-state index < -0.39 is 5.97 Å². The first-order valence-corrected chi connectivity index (χ1v) is 7.04. The quantitative estimate of drug-likeness (QED) is 0.884. The standard InChI is InChI=1S/C15H15ClN2O4/c1-10-12(15(16)22-17-10)7-8-13(19)18(9-14(20)21)11-5-3-2-4-6-11/h2-6H,7-9H2,1H3,(H,20,21). The maximum Gasteiger partial charge on any atom is 0.323 e. The van der Waals surface area contributed by atoms with Crippen LogP contribution in [0.4, 0.5) is 5.69 Å². The predicted molar refractivity (Wildman–Crippen MR) is 81.0 cm³/mol. The molecule has 0 bridgehead atoms. The van der Waals surface area contributed by atoms with Gasteiger partial charge in [0.05, 0.1) is 5.69 Å². The monoisotopic (exact) mass is 322 g/mol. The van der Waals surface area contributed by atoms with Gasteiger partial charge in [-0.2, -0.15) is 0 Å². The molecule has 0 radical (unpaired) electrons. The summed E-state index contributed by atoms with van der Waals surface area (Å²) in [5.41, 5.74) is 1.84. The topological polar surface area (TPSA) is 83.6 Å². The van der Waals surface area contributed by atoms with Gasteiger partial charge in [0.1, 0.15) is 6.54 Å². The van der Waals surface area contributed by atoms with E-state index in [1.54, 1.807) is 37.3 Å². The van der Waals surface area contributed by atoms with Gasteiger partial charge in [-0.3, -0.25) is 9.59 Å². The van der Waals surface area contributed by atoms with Crippen LogP contribution >= 0.6 is 11.6 Å². The first kappa shape index (κ1) is 16.0. The number of rotatable bonds is 6. The Bertz CT molecular complexity index is 650. The molecule has 6 nitrogen and oxygen atoms in total. The second kappa shape index (κ2) is 7.09. The highest BCUT2D eigenvalue weighted by atomic mass is 35.5. The van der Waals surface area contributed by atoms with Gasteiger partial charge in [-0.05, 0) is 37.1 Å². The van der Waals surface area contributed by atoms with Crippen LogP contribution in [0.5, 0.6) is 0 Å². The fourth-order valence-electron chi connectivity index (χ4n) is 2.07. The van der Waals surface area contributed by atoms with Crippen LogP contribution in [0, 0.1) is 6.92 Å². The molecule has 0 aliphatic heterocycles. The number of amides is 1. The van der Waals surface area contributed by atoms with Crippen LogP contribution in [0.15, 0.2) is 34.9 Å². The van der Waals surface area contributed by atoms with E-state index in [-0.39, 0.29) is 24.1 Å². The third-order valence-corrected chi connectivity index (χ3v) is 3.49. The van der Waals surface area contributed by atoms with Crippen LogP contribution in [0.25, 0.3) is 0 Å². The van der Waals surface area contributed by atoms with Crippen molar-refractivity contribution in [2.45, 2.75) is 19.8 Å². The number of benzene rings is 1. The number of aliphatic carboxylic acids is 1. The predicted octanol–water partition coefficient (Wildman–Crippen LogP) is 2.69. The van der Waals surface area contributed by atoms with E-state index in [2.05, 4.69) is 5.16 Å². The van der Waals surface area contributed by atoms with Crippen molar-refractivity contribution in [1.82, 2.24) is 5.16 Å². The number of hydrogen-bond acceptors (Lipinski definition) is 4. The molecular formula is C15H15ClN2O4. The number of carboxylic acid groups (broad SMARTS) is 1. The molecule has 1 N–H and O–H groups in total. The number of hydrogen-bond donors (Lipinski definition) is 1. The summed E-state index contributed by atoms with van der Waals surface area (Å²) in [5, 5.41) is 12.9. The summed E-state index contributed by atoms with van der Waals surface area (Å²) in [6.07, 6.45) is 0.458. The van der Waals surface area contributed by atoms with E-state index in [0.717, 1.165) is 0 Å². The van der Waals surface area contributed by atoms with Gasteiger partial charge in [-0.1, -0.05) is 23.4 Å². The molecule has 1 aromatic carbocycles. The van der Waals surface area contributed by atoms with Crippen molar-refractivity contribution in [1.29, 1.82) is 0 Å². The Balaban J connectivity index is 2.11. The van der Waals surface area contributed by atoms with Crippen LogP contribution in [0.2, 0.25) is 5.22 Å². The van der Waals surface area contributed by atoms with Crippen molar-refractivity contribution in [2.75, 3.05) is 11.4 Å². The molecule has 0 aliphatic rings. The van der Waals surface area contributed by atoms with E-state index in [0.29, 0.717) is 23.4 Å². The van der Waals surface area contributed by atoms with Crippen LogP contribution in [-0.2, 0) is 16.0 Å². The summed E-state index contributed by atoms with van der Waals surface area (Å²) in [6, 6.07) is 8.68. The van der Waals surface area contributed by atoms with Crippen molar-refractivity contribution >= 4 is 29.2 Å². The van der Waals surface area contributed by atoms with Crippen LogP contribution in [0.1, 0.15) is 17.7 Å². The zero-order chi connectivity index (χ0) is 16.1. The Kier molecular flexibility index (Phi) is 5.16. The Morgan fingerprint density at radius 3 is 2.55 bits per heavy atom. The smallest absolute Gasteiger partial charge is 0.323 e. The SMILES string of the molecule is Cc1noc(Cl)c1CCC(=O)N(CC(=O)O)c1ccccc1. The van der Waals surface area contributed by atoms with E-state index >= 15 is 0 Å². The summed E-state index contributed by atoms with van der Waals surface area (Å²) in [4.78, 5) is 24.6. The molecule has 0 aliphatic carbocycles. The first-order chi connectivity index (χ1) is 10.5. The van der Waals surface area contributed by atoms with Crippen molar-refractivity contribution in [2.24, 2.45) is 0 Å². The average Bonchev–Trinajstić information content (AvgIpc) is 2.82. The zero-order valence-corrected chi connectivity index (χ0v) is 12.7. The number of para-hydroxylation sites is 1. The van der Waals surface area contributed by atoms with Crippen molar-refractivity contribution in [3.63, 3.8) is 0 Å². The second-order valence-corrected chi connectivity index (χ2v) is 5.07. The van der Waals surface area contributed by atoms with Crippen LogP contribution < -0.4 is 4.90 Å². The highest BCUT2D eigenvalue weighted by molar-refractivity contribution is 6.29. The summed E-state index contributed by atoms with van der Waals surface area (Å²) in [5.74, 6) is -1.37. The molecule has 0 saturated carbocycles. The van der Waals surface area contributed by atoms with Gasteiger partial charge < -0.3 is 14.5 Å². The Hall–Kier alpha value is -2.34. The second-order valence-electron chi connectivity index (χ2n) is 4.73. The number of carbonyl (C=O) groups excluding carboxylic acids is 1. The zero-order valence-electron chi connectivity index (χ0n) is 12.0. The molecule has 1 heterocycles. The van der Waals surface area contributed by atoms with Gasteiger partial charge in [-0.25, -0.2) is 0 Å². The van der Waals surface area contributed by atoms with Gasteiger partial charge >= 0.3 is 5.97 Å². The van der Waals surface area contributed by atoms with E-state index in [9.17, 15) is 9.59 Å². The third-order valence-electron chi connectivity index (χ3n) is 3.19. The lowest BCUT2D eigenvalue weighted by Gasteiger charge is -2.20. The molecule has 0 spiro atoms. The minimum Gasteiger partial charge on any atom is -0.480 e. The fourth-order valence-corrected chi connectivity index (χ4v) is 2.34. The minimum atomic E-state index is -1.07. The number of aromatic nitrogens is 1. The van der Waals surface area contributed by atoms with Crippen LogP contribution in [-0.4, -0.2) is 28.7 Å². The van der Waals surface area contributed by atoms with Gasteiger partial charge in [-0.15, -0.1) is 0 Å². The summed E-state index contributed by atoms with van der Waals surface area (Å²) < 4.78 is 4.83. The first-order valence-electron chi connectivity index (χ1n) is 6.67. The van der Waals surface area contributed by atoms with Crippen LogP contribution in [0.3, 0.4) is 0 Å². The molecule has 116 valence electrons. The molecule has 1 aromatic heterocycles. The number of nitrogens with zero attached hydrogens (tertiary/aromatic N) is 2. The highest BCUT2D eigenvalue weighted by Crippen LogP contribution is 2.22. The molecule has 2 aromatic rings. The lowest BCUT2D eigenvalue weighted by atomic mass is 10.1. The Morgan fingerprint density at radius 2 is 2.00 bits per heavy atom. The Morgan fingerprint density at radius 1 is 1.32 bits per heavy atom. The molecule has 1 amide bonds. The van der Waals surface area contributed by atoms with Crippen molar-refractivity contribution < 1.29 is 19.2 Å². The lowest BCUT2D eigenvalue weighted by Crippen LogP contribution is -2.35. The average molecular weight is 323 g/mol. The third kappa shape index (κ3) is 3.85. The summed E-state index contributed by atoms with van der Waals surface area (Å²) in [6.45, 7) is 1.35. The Labute approximate surface area is 132 Å². The molecule has 0 saturated heterocycles. The molecule has 22 heavy (non-hydrogen) atoms. The lowest BCUT2D eigenvalue weighted by molar-refractivity contribution is -0.136. The highest BCUT2D eigenvalue weighted by Gasteiger charge is 2.20. The molecular weight excluding hydrogens is 308 g/mol. The van der Waals surface area contributed by atoms with Gasteiger partial charge in [0.15, 0.2) is 0 Å². The maximum absolute atomic E-state index is 12.4.